The number of hydrogen-bond acceptors (Lipinski definition) is 7. The Balaban J connectivity index is 1.53. The molecule has 4 heterocycles. The molecule has 118 valence electrons. The molecule has 0 atom stereocenters. The van der Waals surface area contributed by atoms with Gasteiger partial charge in [-0.3, -0.25) is 9.20 Å². The molecular formula is C15H9N5OS3. The number of para-hydroxylation sites is 1. The molecule has 9 heteroatoms. The molecule has 5 rings (SSSR count). The molecule has 1 aromatic carbocycles. The van der Waals surface area contributed by atoms with Gasteiger partial charge in [-0.05, 0) is 23.6 Å². The summed E-state index contributed by atoms with van der Waals surface area (Å²) in [7, 11) is 0. The van der Waals surface area contributed by atoms with Gasteiger partial charge >= 0.3 is 0 Å². The van der Waals surface area contributed by atoms with E-state index in [1.165, 1.54) is 27.8 Å². The number of H-pyrrole nitrogens is 1. The fraction of sp³-hybridized carbons (Fsp3) is 0.0667. The van der Waals surface area contributed by atoms with Crippen LogP contribution in [0, 0.1) is 0 Å². The van der Waals surface area contributed by atoms with Crippen LogP contribution >= 0.6 is 34.4 Å². The van der Waals surface area contributed by atoms with Crippen molar-refractivity contribution in [1.82, 2.24) is 24.6 Å². The van der Waals surface area contributed by atoms with Crippen molar-refractivity contribution < 1.29 is 0 Å². The van der Waals surface area contributed by atoms with E-state index in [0.29, 0.717) is 16.3 Å². The first kappa shape index (κ1) is 14.1. The Hall–Kier alpha value is -2.23. The van der Waals surface area contributed by atoms with Crippen LogP contribution in [0.5, 0.6) is 0 Å². The number of thiophene rings is 1. The molecule has 0 spiro atoms. The summed E-state index contributed by atoms with van der Waals surface area (Å²) in [5.74, 6) is 1.18. The van der Waals surface area contributed by atoms with Crippen LogP contribution in [0.3, 0.4) is 0 Å². The molecule has 1 N–H and O–H groups in total. The number of nitrogens with one attached hydrogen (secondary N) is 1. The minimum atomic E-state index is -0.0852. The Morgan fingerprint density at radius 1 is 1.21 bits per heavy atom. The zero-order valence-electron chi connectivity index (χ0n) is 12.1. The second kappa shape index (κ2) is 5.40. The number of rotatable bonds is 3. The lowest BCUT2D eigenvalue weighted by Crippen LogP contribution is -2.09. The molecule has 0 saturated heterocycles. The van der Waals surface area contributed by atoms with Crippen LogP contribution in [0.4, 0.5) is 0 Å². The SMILES string of the molecule is O=c1[nH]c(CSc2nnc3sc4ccccc4n23)nc2ccsc12. The average molecular weight is 371 g/mol. The molecule has 6 nitrogen and oxygen atoms in total. The van der Waals surface area contributed by atoms with Crippen LogP contribution in [0.2, 0.25) is 0 Å². The van der Waals surface area contributed by atoms with Crippen molar-refractivity contribution in [2.75, 3.05) is 0 Å². The number of hydrogen-bond donors (Lipinski definition) is 1. The van der Waals surface area contributed by atoms with Crippen LogP contribution in [-0.2, 0) is 5.75 Å². The standard InChI is InChI=1S/C15H9N5OS3/c21-13-12-8(5-6-22-12)16-11(17-13)7-23-14-18-19-15-20(14)9-3-1-2-4-10(9)24-15/h1-6H,7H2,(H,16,17,21). The molecule has 0 unspecified atom stereocenters. The molecule has 0 aliphatic rings. The van der Waals surface area contributed by atoms with Gasteiger partial charge in [-0.2, -0.15) is 0 Å². The van der Waals surface area contributed by atoms with Gasteiger partial charge in [0, 0.05) is 0 Å². The molecular weight excluding hydrogens is 362 g/mol. The quantitative estimate of drug-likeness (QED) is 0.491. The number of thiazole rings is 1. The van der Waals surface area contributed by atoms with Gasteiger partial charge in [0.1, 0.15) is 10.5 Å². The molecule has 0 bridgehead atoms. The average Bonchev–Trinajstić information content (AvgIpc) is 3.28. The van der Waals surface area contributed by atoms with E-state index in [2.05, 4.69) is 32.3 Å². The Labute approximate surface area is 147 Å². The van der Waals surface area contributed by atoms with Crippen molar-refractivity contribution in [3.8, 4) is 0 Å². The van der Waals surface area contributed by atoms with Crippen LogP contribution in [-0.4, -0.2) is 24.6 Å². The van der Waals surface area contributed by atoms with E-state index in [-0.39, 0.29) is 5.56 Å². The maximum atomic E-state index is 12.0. The van der Waals surface area contributed by atoms with E-state index in [0.717, 1.165) is 21.2 Å². The zero-order valence-corrected chi connectivity index (χ0v) is 14.5. The van der Waals surface area contributed by atoms with Crippen LogP contribution in [0.25, 0.3) is 25.4 Å². The van der Waals surface area contributed by atoms with E-state index in [9.17, 15) is 4.79 Å². The van der Waals surface area contributed by atoms with Gasteiger partial charge in [0.25, 0.3) is 5.56 Å². The highest BCUT2D eigenvalue weighted by Gasteiger charge is 2.13. The molecule has 0 aliphatic heterocycles. The summed E-state index contributed by atoms with van der Waals surface area (Å²) in [4.78, 5) is 20.3. The molecule has 4 aromatic heterocycles. The lowest BCUT2D eigenvalue weighted by Gasteiger charge is -2.00. The van der Waals surface area contributed by atoms with Crippen LogP contribution < -0.4 is 5.56 Å². The summed E-state index contributed by atoms with van der Waals surface area (Å²) in [5.41, 5.74) is 1.75. The van der Waals surface area contributed by atoms with Gasteiger partial charge in [-0.15, -0.1) is 21.5 Å². The third kappa shape index (κ3) is 2.16. The molecule has 0 saturated carbocycles. The fourth-order valence-electron chi connectivity index (χ4n) is 2.57. The molecule has 0 fully saturated rings. The Kier molecular flexibility index (Phi) is 3.18. The predicted molar refractivity (Wildman–Crippen MR) is 98.2 cm³/mol. The number of benzene rings is 1. The van der Waals surface area contributed by atoms with E-state index in [4.69, 9.17) is 0 Å². The van der Waals surface area contributed by atoms with Gasteiger partial charge in [0.05, 0.1) is 21.5 Å². The fourth-order valence-corrected chi connectivity index (χ4v) is 5.14. The molecule has 24 heavy (non-hydrogen) atoms. The number of fused-ring (bicyclic) bond motifs is 4. The highest BCUT2D eigenvalue weighted by atomic mass is 32.2. The highest BCUT2D eigenvalue weighted by molar-refractivity contribution is 7.98. The Morgan fingerprint density at radius 2 is 2.12 bits per heavy atom. The lowest BCUT2D eigenvalue weighted by atomic mass is 10.3. The first-order valence-electron chi connectivity index (χ1n) is 7.11. The highest BCUT2D eigenvalue weighted by Crippen LogP contribution is 2.30. The maximum Gasteiger partial charge on any atom is 0.268 e. The summed E-state index contributed by atoms with van der Waals surface area (Å²) in [6, 6.07) is 10.0. The summed E-state index contributed by atoms with van der Waals surface area (Å²) < 4.78 is 3.89. The van der Waals surface area contributed by atoms with Crippen molar-refractivity contribution in [3.63, 3.8) is 0 Å². The largest absolute Gasteiger partial charge is 0.309 e. The molecule has 0 amide bonds. The summed E-state index contributed by atoms with van der Waals surface area (Å²) in [6.45, 7) is 0. The monoisotopic (exact) mass is 371 g/mol. The number of thioether (sulfide) groups is 1. The minimum absolute atomic E-state index is 0.0852. The third-order valence-corrected chi connectivity index (χ3v) is 6.47. The summed E-state index contributed by atoms with van der Waals surface area (Å²) >= 11 is 4.53. The molecule has 5 aromatic rings. The summed E-state index contributed by atoms with van der Waals surface area (Å²) in [5, 5.41) is 11.2. The van der Waals surface area contributed by atoms with E-state index in [1.54, 1.807) is 11.3 Å². The molecule has 0 radical (unpaired) electrons. The van der Waals surface area contributed by atoms with E-state index < -0.39 is 0 Å². The zero-order chi connectivity index (χ0) is 16.1. The third-order valence-electron chi connectivity index (χ3n) is 3.61. The van der Waals surface area contributed by atoms with Crippen molar-refractivity contribution in [2.24, 2.45) is 0 Å². The van der Waals surface area contributed by atoms with Crippen LogP contribution in [0.1, 0.15) is 5.82 Å². The van der Waals surface area contributed by atoms with Crippen molar-refractivity contribution in [3.05, 3.63) is 51.9 Å². The van der Waals surface area contributed by atoms with Crippen LogP contribution in [0.15, 0.2) is 45.7 Å². The Morgan fingerprint density at radius 3 is 3.08 bits per heavy atom. The van der Waals surface area contributed by atoms with Crippen molar-refractivity contribution >= 4 is 59.8 Å². The maximum absolute atomic E-state index is 12.0. The normalized spacial score (nSPS) is 11.8. The Bertz CT molecular complexity index is 1250. The molecule has 0 aliphatic carbocycles. The number of aromatic nitrogens is 5. The summed E-state index contributed by atoms with van der Waals surface area (Å²) in [6.07, 6.45) is 0. The van der Waals surface area contributed by atoms with Gasteiger partial charge < -0.3 is 4.98 Å². The topological polar surface area (TPSA) is 75.9 Å². The van der Waals surface area contributed by atoms with Gasteiger partial charge in [-0.1, -0.05) is 35.2 Å². The van der Waals surface area contributed by atoms with Crippen molar-refractivity contribution in [1.29, 1.82) is 0 Å². The van der Waals surface area contributed by atoms with Gasteiger partial charge in [0.2, 0.25) is 4.96 Å². The number of nitrogens with zero attached hydrogens (tertiary/aromatic N) is 4. The second-order valence-corrected chi connectivity index (χ2v) is 7.97. The lowest BCUT2D eigenvalue weighted by molar-refractivity contribution is 0.935. The predicted octanol–water partition coefficient (Wildman–Crippen LogP) is 3.53. The smallest absolute Gasteiger partial charge is 0.268 e. The van der Waals surface area contributed by atoms with E-state index >= 15 is 0 Å². The minimum Gasteiger partial charge on any atom is -0.309 e. The van der Waals surface area contributed by atoms with Gasteiger partial charge in [0.15, 0.2) is 5.16 Å². The van der Waals surface area contributed by atoms with Crippen molar-refractivity contribution in [2.45, 2.75) is 10.9 Å². The first-order chi connectivity index (χ1) is 11.8. The van der Waals surface area contributed by atoms with Gasteiger partial charge in [-0.25, -0.2) is 4.98 Å². The first-order valence-corrected chi connectivity index (χ1v) is 9.79. The number of aromatic amines is 1. The van der Waals surface area contributed by atoms with E-state index in [1.807, 2.05) is 28.0 Å². The second-order valence-electron chi connectivity index (χ2n) is 5.11.